The van der Waals surface area contributed by atoms with Gasteiger partial charge < -0.3 is 43.6 Å². The summed E-state index contributed by atoms with van der Waals surface area (Å²) in [4.78, 5) is 88.9. The van der Waals surface area contributed by atoms with Gasteiger partial charge in [-0.25, -0.2) is 13.7 Å². The Morgan fingerprint density at radius 2 is 0.791 bits per heavy atom. The molecule has 0 radical (unpaired) electrons. The summed E-state index contributed by atoms with van der Waals surface area (Å²) in [6, 6.07) is 21.3. The van der Waals surface area contributed by atoms with E-state index in [1.165, 1.54) is 0 Å². The number of aryl methyl sites for hydroxylation is 2. The molecule has 0 aliphatic heterocycles. The van der Waals surface area contributed by atoms with Crippen molar-refractivity contribution in [2.24, 2.45) is 0 Å². The summed E-state index contributed by atoms with van der Waals surface area (Å²) in [5.74, 6) is -0.956. The molecule has 0 aliphatic carbocycles. The van der Waals surface area contributed by atoms with Crippen molar-refractivity contribution in [3.8, 4) is 0 Å². The van der Waals surface area contributed by atoms with E-state index in [1.807, 2.05) is 38.1 Å². The van der Waals surface area contributed by atoms with Gasteiger partial charge in [0, 0.05) is 18.3 Å². The number of carbonyl (C=O) groups excluding carboxylic acids is 3. The van der Waals surface area contributed by atoms with Crippen molar-refractivity contribution in [3.05, 3.63) is 106 Å². The van der Waals surface area contributed by atoms with E-state index in [1.54, 1.807) is 125 Å². The Morgan fingerprint density at radius 1 is 0.448 bits per heavy atom. The zero-order valence-corrected chi connectivity index (χ0v) is 43.5. The minimum atomic E-state index is -4.63. The maximum atomic E-state index is 12.1. The Balaban J connectivity index is 0.000000503. The fraction of sp³-hybridized carbons (Fsp3) is 0.543. The van der Waals surface area contributed by atoms with E-state index in [0.29, 0.717) is 29.5 Å². The predicted octanol–water partition coefficient (Wildman–Crippen LogP) is 9.18. The average Bonchev–Trinajstić information content (AvgIpc) is 3.12. The molecule has 0 amide bonds. The fourth-order valence-electron chi connectivity index (χ4n) is 6.32. The first-order valence-corrected chi connectivity index (χ1v) is 25.8. The summed E-state index contributed by atoms with van der Waals surface area (Å²) in [6.07, 6.45) is 1.36. The van der Waals surface area contributed by atoms with Crippen LogP contribution in [0, 0.1) is 0 Å². The summed E-state index contributed by atoms with van der Waals surface area (Å²) in [7, 11) is -13.7. The van der Waals surface area contributed by atoms with Crippen LogP contribution >= 0.6 is 23.5 Å². The predicted molar refractivity (Wildman–Crippen MR) is 251 cm³/mol. The maximum Gasteiger partial charge on any atom is 0.470 e. The Labute approximate surface area is 394 Å². The molecule has 0 aromatic heterocycles. The van der Waals surface area contributed by atoms with E-state index in [-0.39, 0.29) is 50.4 Å². The zero-order valence-electron chi connectivity index (χ0n) is 40.8. The van der Waals surface area contributed by atoms with Crippen molar-refractivity contribution < 1.29 is 85.2 Å². The van der Waals surface area contributed by atoms with Crippen LogP contribution in [0.5, 0.6) is 0 Å². The fourth-order valence-corrected chi connectivity index (χ4v) is 7.63. The Kier molecular flexibility index (Phi) is 23.2. The molecule has 0 saturated carbocycles. The molecule has 0 atom stereocenters. The SMILES string of the molecule is CC(C)(C)OC(=O)CC(C)(C)c1ccccc1COP(=O)(O)O.CC(C)(C)OC(=O)CCc1ccccc1C(C)(C)OP(=O)(O)O.CC(C)(C)OC(=O)CCc1ccccc1COP(=O)(O)O. The highest BCUT2D eigenvalue weighted by molar-refractivity contribution is 7.46. The number of hydrogen-bond acceptors (Lipinski definition) is 12. The second-order valence-electron chi connectivity index (χ2n) is 19.5. The molecule has 3 aromatic carbocycles. The van der Waals surface area contributed by atoms with Gasteiger partial charge in [0.25, 0.3) is 0 Å². The minimum Gasteiger partial charge on any atom is -0.460 e. The highest BCUT2D eigenvalue weighted by Crippen LogP contribution is 2.46. The van der Waals surface area contributed by atoms with Gasteiger partial charge in [0.2, 0.25) is 0 Å². The van der Waals surface area contributed by atoms with Crippen molar-refractivity contribution >= 4 is 41.4 Å². The first-order chi connectivity index (χ1) is 30.2. The number of phosphoric ester groups is 3. The molecule has 67 heavy (non-hydrogen) atoms. The lowest BCUT2D eigenvalue weighted by Crippen LogP contribution is -2.30. The first-order valence-electron chi connectivity index (χ1n) is 21.2. The summed E-state index contributed by atoms with van der Waals surface area (Å²) in [5.41, 5.74) is 0.921. The molecule has 3 aromatic rings. The van der Waals surface area contributed by atoms with E-state index in [2.05, 4.69) is 9.05 Å². The van der Waals surface area contributed by atoms with E-state index in [4.69, 9.17) is 48.1 Å². The Hall–Kier alpha value is -3.60. The Morgan fingerprint density at radius 3 is 1.21 bits per heavy atom. The Bertz CT molecular complexity index is 2220. The second kappa shape index (κ2) is 25.3. The minimum absolute atomic E-state index is 0.150. The largest absolute Gasteiger partial charge is 0.470 e. The van der Waals surface area contributed by atoms with Crippen LogP contribution < -0.4 is 0 Å². The van der Waals surface area contributed by atoms with E-state index in [0.717, 1.165) is 16.7 Å². The van der Waals surface area contributed by atoms with Gasteiger partial charge in [-0.2, -0.15) is 0 Å². The number of rotatable bonds is 18. The van der Waals surface area contributed by atoms with Crippen LogP contribution in [-0.2, 0) is 92.9 Å². The normalized spacial score (nSPS) is 12.8. The van der Waals surface area contributed by atoms with Crippen molar-refractivity contribution in [3.63, 3.8) is 0 Å². The summed E-state index contributed by atoms with van der Waals surface area (Å²) in [6.45, 7) is 22.7. The number of carbonyl (C=O) groups is 3. The van der Waals surface area contributed by atoms with E-state index >= 15 is 0 Å². The van der Waals surface area contributed by atoms with Gasteiger partial charge in [0.15, 0.2) is 0 Å². The summed E-state index contributed by atoms with van der Waals surface area (Å²) < 4.78 is 62.6. The molecule has 3 rings (SSSR count). The van der Waals surface area contributed by atoms with Crippen LogP contribution in [0.25, 0.3) is 0 Å². The lowest BCUT2D eigenvalue weighted by Gasteiger charge is -2.29. The van der Waals surface area contributed by atoms with Crippen LogP contribution in [-0.4, -0.2) is 64.1 Å². The summed E-state index contributed by atoms with van der Waals surface area (Å²) >= 11 is 0. The monoisotopic (exact) mass is 1000 g/mol. The van der Waals surface area contributed by atoms with Crippen LogP contribution in [0.1, 0.15) is 143 Å². The lowest BCUT2D eigenvalue weighted by molar-refractivity contribution is -0.156. The van der Waals surface area contributed by atoms with Crippen molar-refractivity contribution in [1.82, 2.24) is 0 Å². The number of hydrogen-bond donors (Lipinski definition) is 6. The number of esters is 3. The van der Waals surface area contributed by atoms with Crippen LogP contribution in [0.15, 0.2) is 72.8 Å². The second-order valence-corrected chi connectivity index (χ2v) is 23.2. The zero-order chi connectivity index (χ0) is 51.9. The smallest absolute Gasteiger partial charge is 0.460 e. The van der Waals surface area contributed by atoms with Gasteiger partial charge in [-0.3, -0.25) is 28.0 Å². The third kappa shape index (κ3) is 28.5. The molecule has 0 fully saturated rings. The maximum absolute atomic E-state index is 12.1. The molecule has 0 spiro atoms. The topological polar surface area (TPSA) is 279 Å². The average molecular weight is 1000 g/mol. The molecule has 21 heteroatoms. The highest BCUT2D eigenvalue weighted by Gasteiger charge is 2.33. The third-order valence-corrected chi connectivity index (χ3v) is 10.3. The molecule has 0 heterocycles. The van der Waals surface area contributed by atoms with Crippen molar-refractivity contribution in [2.45, 2.75) is 163 Å². The standard InChI is InChI=1S/2C16H25O6P.C14H21O6P/c1-15(2,3)22-14(17)10-16(4,5)13-9-7-6-8-12(13)11-21-23(18,19)20;1-15(2,3)21-14(17)11-10-12-8-6-7-9-13(12)16(4,5)22-23(18,19)20;1-14(2,3)20-13(15)9-8-11-6-4-5-7-12(11)10-19-21(16,17)18/h2*6-9H,10-11H2,1-5H3,(H2,18,19,20);4-7H,8-10H2,1-3H3,(H2,16,17,18). The molecular weight excluding hydrogens is 933 g/mol. The van der Waals surface area contributed by atoms with Crippen LogP contribution in [0.3, 0.4) is 0 Å². The van der Waals surface area contributed by atoms with Gasteiger partial charge in [0.1, 0.15) is 16.8 Å². The number of ether oxygens (including phenoxy) is 3. The molecule has 0 unspecified atom stereocenters. The molecule has 0 bridgehead atoms. The van der Waals surface area contributed by atoms with Gasteiger partial charge in [-0.05, 0) is 122 Å². The third-order valence-electron chi connectivity index (χ3n) is 8.70. The molecule has 0 aliphatic rings. The van der Waals surface area contributed by atoms with Gasteiger partial charge in [-0.15, -0.1) is 0 Å². The highest BCUT2D eigenvalue weighted by atomic mass is 31.2. The summed E-state index contributed by atoms with van der Waals surface area (Å²) in [5, 5.41) is 0. The van der Waals surface area contributed by atoms with Gasteiger partial charge in [0.05, 0.1) is 25.2 Å². The molecule has 0 saturated heterocycles. The molecule has 378 valence electrons. The van der Waals surface area contributed by atoms with Crippen LogP contribution in [0.4, 0.5) is 0 Å². The number of benzene rings is 3. The molecule has 6 N–H and O–H groups in total. The van der Waals surface area contributed by atoms with Gasteiger partial charge >= 0.3 is 41.4 Å². The molecular formula is C46H71O18P3. The van der Waals surface area contributed by atoms with Crippen molar-refractivity contribution in [2.75, 3.05) is 0 Å². The lowest BCUT2D eigenvalue weighted by atomic mass is 9.79. The van der Waals surface area contributed by atoms with E-state index in [9.17, 15) is 28.1 Å². The quantitative estimate of drug-likeness (QED) is 0.0393. The first kappa shape index (κ1) is 61.4. The van der Waals surface area contributed by atoms with E-state index < -0.39 is 51.3 Å². The number of phosphoric acid groups is 3. The molecule has 18 nitrogen and oxygen atoms in total. The van der Waals surface area contributed by atoms with Crippen LogP contribution in [0.2, 0.25) is 0 Å². The van der Waals surface area contributed by atoms with Crippen molar-refractivity contribution in [1.29, 1.82) is 0 Å². The van der Waals surface area contributed by atoms with Gasteiger partial charge in [-0.1, -0.05) is 86.6 Å².